The summed E-state index contributed by atoms with van der Waals surface area (Å²) in [5, 5.41) is 7.11. The van der Waals surface area contributed by atoms with Crippen molar-refractivity contribution in [3.8, 4) is 11.4 Å². The zero-order valence-electron chi connectivity index (χ0n) is 19.4. The van der Waals surface area contributed by atoms with Crippen molar-refractivity contribution in [1.29, 1.82) is 0 Å². The molecule has 0 N–H and O–H groups in total. The molecule has 0 fully saturated rings. The standard InChI is InChI=1S/C31H21N2O2/c1-18-15-16-23-28-21-11-5-3-9-19(21)20-10-4-6-12-22(20)29(28)35-30(23)27(18)31-32(2)17-26-33(31)24-13-7-8-14-25(24)34-26/h3-17H,1-2H3/q+1. The number of fused-ring (bicyclic) bond motifs is 11. The Morgan fingerprint density at radius 3 is 2.17 bits per heavy atom. The number of para-hydroxylation sites is 2. The fourth-order valence-electron chi connectivity index (χ4n) is 5.83. The molecule has 0 aliphatic heterocycles. The average molecular weight is 454 g/mol. The van der Waals surface area contributed by atoms with E-state index >= 15 is 0 Å². The molecule has 4 heteroatoms. The quantitative estimate of drug-likeness (QED) is 0.189. The van der Waals surface area contributed by atoms with Gasteiger partial charge in [-0.25, -0.2) is 4.57 Å². The third-order valence-corrected chi connectivity index (χ3v) is 7.34. The van der Waals surface area contributed by atoms with Gasteiger partial charge in [-0.15, -0.1) is 0 Å². The van der Waals surface area contributed by atoms with E-state index in [2.05, 4.69) is 89.7 Å². The first-order valence-corrected chi connectivity index (χ1v) is 11.8. The van der Waals surface area contributed by atoms with E-state index in [1.807, 2.05) is 24.4 Å². The summed E-state index contributed by atoms with van der Waals surface area (Å²) in [6.07, 6.45) is 2.04. The number of nitrogens with zero attached hydrogens (tertiary/aromatic N) is 2. The van der Waals surface area contributed by atoms with Gasteiger partial charge in [0.15, 0.2) is 22.9 Å². The van der Waals surface area contributed by atoms with Crippen LogP contribution < -0.4 is 4.57 Å². The Morgan fingerprint density at radius 1 is 0.657 bits per heavy atom. The summed E-state index contributed by atoms with van der Waals surface area (Å²) in [5.74, 6) is 1.04. The molecule has 0 radical (unpaired) electrons. The van der Waals surface area contributed by atoms with Gasteiger partial charge in [0, 0.05) is 16.2 Å². The molecule has 166 valence electrons. The lowest BCUT2D eigenvalue weighted by atomic mass is 9.96. The van der Waals surface area contributed by atoms with E-state index in [0.717, 1.165) is 55.7 Å². The Hall–Kier alpha value is -4.57. The second-order valence-corrected chi connectivity index (χ2v) is 9.34. The molecule has 8 aromatic rings. The highest BCUT2D eigenvalue weighted by molar-refractivity contribution is 6.30. The molecule has 0 aliphatic rings. The minimum Gasteiger partial charge on any atom is -0.454 e. The predicted octanol–water partition coefficient (Wildman–Crippen LogP) is 7.69. The average Bonchev–Trinajstić information content (AvgIpc) is 3.54. The number of aromatic nitrogens is 2. The maximum Gasteiger partial charge on any atom is 0.336 e. The highest BCUT2D eigenvalue weighted by Crippen LogP contribution is 2.44. The van der Waals surface area contributed by atoms with Crippen molar-refractivity contribution >= 4 is 60.3 Å². The SMILES string of the molecule is Cc1ccc2c(oc3c4ccccc4c4ccccc4c23)c1-c1n2c(c[n+]1C)oc1ccccc12. The molecule has 0 saturated heterocycles. The summed E-state index contributed by atoms with van der Waals surface area (Å²) in [6.45, 7) is 2.15. The van der Waals surface area contributed by atoms with Crippen molar-refractivity contribution < 1.29 is 13.4 Å². The molecule has 0 atom stereocenters. The van der Waals surface area contributed by atoms with Gasteiger partial charge in [-0.1, -0.05) is 72.8 Å². The van der Waals surface area contributed by atoms with E-state index in [0.29, 0.717) is 0 Å². The van der Waals surface area contributed by atoms with E-state index in [1.165, 1.54) is 21.5 Å². The van der Waals surface area contributed by atoms with Crippen molar-refractivity contribution in [1.82, 2.24) is 4.40 Å². The van der Waals surface area contributed by atoms with Crippen molar-refractivity contribution in [2.24, 2.45) is 7.05 Å². The van der Waals surface area contributed by atoms with Gasteiger partial charge in [0.1, 0.15) is 11.1 Å². The van der Waals surface area contributed by atoms with Gasteiger partial charge >= 0.3 is 11.5 Å². The molecular weight excluding hydrogens is 432 g/mol. The molecule has 35 heavy (non-hydrogen) atoms. The van der Waals surface area contributed by atoms with Gasteiger partial charge in [0.2, 0.25) is 0 Å². The van der Waals surface area contributed by atoms with Gasteiger partial charge in [0.05, 0.1) is 7.05 Å². The first kappa shape index (κ1) is 18.8. The molecule has 3 aromatic heterocycles. The number of hydrogen-bond acceptors (Lipinski definition) is 2. The Kier molecular flexibility index (Phi) is 3.50. The monoisotopic (exact) mass is 453 g/mol. The summed E-state index contributed by atoms with van der Waals surface area (Å²) < 4.78 is 17.3. The number of imidazole rings is 1. The van der Waals surface area contributed by atoms with Crippen LogP contribution in [-0.4, -0.2) is 4.40 Å². The van der Waals surface area contributed by atoms with Crippen LogP contribution in [0.4, 0.5) is 0 Å². The normalized spacial score (nSPS) is 12.3. The molecule has 0 amide bonds. The smallest absolute Gasteiger partial charge is 0.336 e. The van der Waals surface area contributed by atoms with Crippen LogP contribution in [0.25, 0.3) is 71.7 Å². The van der Waals surface area contributed by atoms with E-state index in [1.54, 1.807) is 0 Å². The molecule has 0 unspecified atom stereocenters. The second kappa shape index (κ2) is 6.51. The maximum absolute atomic E-state index is 6.84. The van der Waals surface area contributed by atoms with E-state index < -0.39 is 0 Å². The Morgan fingerprint density at radius 2 is 1.34 bits per heavy atom. The van der Waals surface area contributed by atoms with Gasteiger partial charge in [0.25, 0.3) is 0 Å². The Labute approximate surface area is 200 Å². The van der Waals surface area contributed by atoms with Crippen molar-refractivity contribution in [3.63, 3.8) is 0 Å². The van der Waals surface area contributed by atoms with Crippen LogP contribution >= 0.6 is 0 Å². The second-order valence-electron chi connectivity index (χ2n) is 9.34. The highest BCUT2D eigenvalue weighted by atomic mass is 16.3. The van der Waals surface area contributed by atoms with E-state index in [9.17, 15) is 0 Å². The molecule has 5 aromatic carbocycles. The number of aryl methyl sites for hydroxylation is 2. The van der Waals surface area contributed by atoms with E-state index in [4.69, 9.17) is 8.83 Å². The van der Waals surface area contributed by atoms with Crippen LogP contribution in [0.5, 0.6) is 0 Å². The molecule has 0 bridgehead atoms. The number of hydrogen-bond donors (Lipinski definition) is 0. The number of rotatable bonds is 1. The molecule has 8 rings (SSSR count). The summed E-state index contributed by atoms with van der Waals surface area (Å²) in [5.41, 5.74) is 6.81. The van der Waals surface area contributed by atoms with Crippen LogP contribution in [0.3, 0.4) is 0 Å². The minimum absolute atomic E-state index is 0.812. The van der Waals surface area contributed by atoms with Crippen LogP contribution in [0.2, 0.25) is 0 Å². The lowest BCUT2D eigenvalue weighted by molar-refractivity contribution is -0.658. The van der Waals surface area contributed by atoms with Crippen molar-refractivity contribution in [2.75, 3.05) is 0 Å². The van der Waals surface area contributed by atoms with Crippen molar-refractivity contribution in [2.45, 2.75) is 6.92 Å². The number of furan rings is 1. The van der Waals surface area contributed by atoms with Crippen LogP contribution in [0.1, 0.15) is 5.56 Å². The van der Waals surface area contributed by atoms with Crippen LogP contribution in [0.15, 0.2) is 100.0 Å². The zero-order valence-corrected chi connectivity index (χ0v) is 19.4. The first-order valence-electron chi connectivity index (χ1n) is 11.8. The fraction of sp³-hybridized carbons (Fsp3) is 0.0645. The topological polar surface area (TPSA) is 34.6 Å². The molecular formula is C31H21N2O2+. The van der Waals surface area contributed by atoms with Gasteiger partial charge in [-0.2, -0.15) is 4.40 Å². The summed E-state index contributed by atoms with van der Waals surface area (Å²) in [4.78, 5) is 0. The zero-order chi connectivity index (χ0) is 23.3. The highest BCUT2D eigenvalue weighted by Gasteiger charge is 2.29. The largest absolute Gasteiger partial charge is 0.454 e. The first-order chi connectivity index (χ1) is 17.2. The number of benzene rings is 5. The van der Waals surface area contributed by atoms with Gasteiger partial charge in [-0.3, -0.25) is 0 Å². The Balaban J connectivity index is 1.61. The number of oxazole rings is 1. The predicted molar refractivity (Wildman–Crippen MR) is 141 cm³/mol. The molecule has 0 spiro atoms. The molecule has 0 saturated carbocycles. The third kappa shape index (κ3) is 2.33. The van der Waals surface area contributed by atoms with Crippen LogP contribution in [0, 0.1) is 6.92 Å². The van der Waals surface area contributed by atoms with Crippen LogP contribution in [-0.2, 0) is 7.05 Å². The molecule has 0 aliphatic carbocycles. The summed E-state index contributed by atoms with van der Waals surface area (Å²) in [7, 11) is 2.07. The lowest BCUT2D eigenvalue weighted by Crippen LogP contribution is -2.28. The van der Waals surface area contributed by atoms with E-state index in [-0.39, 0.29) is 0 Å². The minimum atomic E-state index is 0.812. The molecule has 4 nitrogen and oxygen atoms in total. The lowest BCUT2D eigenvalue weighted by Gasteiger charge is -2.06. The summed E-state index contributed by atoms with van der Waals surface area (Å²) >= 11 is 0. The third-order valence-electron chi connectivity index (χ3n) is 7.34. The Bertz CT molecular complexity index is 2140. The molecule has 3 heterocycles. The van der Waals surface area contributed by atoms with Gasteiger partial charge < -0.3 is 8.83 Å². The van der Waals surface area contributed by atoms with Crippen molar-refractivity contribution in [3.05, 3.63) is 96.7 Å². The van der Waals surface area contributed by atoms with Gasteiger partial charge in [-0.05, 0) is 40.8 Å². The summed E-state index contributed by atoms with van der Waals surface area (Å²) in [6, 6.07) is 29.8. The fourth-order valence-corrected chi connectivity index (χ4v) is 5.83. The maximum atomic E-state index is 6.84.